The zero-order chi connectivity index (χ0) is 15.1. The smallest absolute Gasteiger partial charge is 0.241 e. The molecule has 112 valence electrons. The number of amides is 2. The van der Waals surface area contributed by atoms with Crippen molar-refractivity contribution in [2.75, 3.05) is 13.6 Å². The standard InChI is InChI=1S/C13H23N5O2/c1-5-13(20)18(14-4)8-12(19)16-9(2)11-6-7-15-17-10(11)3/h6-7,9-10,14,17H,5,8H2,1-4H3,(H,16,19). The number of carbonyl (C=O) groups excluding carboxylic acids is 2. The Hall–Kier alpha value is -1.89. The number of hydrazone groups is 1. The average Bonchev–Trinajstić information content (AvgIpc) is 2.44. The predicted octanol–water partition coefficient (Wildman–Crippen LogP) is -0.232. The molecule has 0 spiro atoms. The van der Waals surface area contributed by atoms with Crippen LogP contribution in [0, 0.1) is 0 Å². The van der Waals surface area contributed by atoms with Gasteiger partial charge in [-0.1, -0.05) is 6.92 Å². The summed E-state index contributed by atoms with van der Waals surface area (Å²) in [6.45, 7) is 5.64. The van der Waals surface area contributed by atoms with Gasteiger partial charge in [0.1, 0.15) is 6.54 Å². The minimum atomic E-state index is -0.204. The molecule has 2 amide bonds. The lowest BCUT2D eigenvalue weighted by Gasteiger charge is -2.26. The summed E-state index contributed by atoms with van der Waals surface area (Å²) in [6.07, 6.45) is 3.91. The highest BCUT2D eigenvalue weighted by atomic mass is 16.2. The summed E-state index contributed by atoms with van der Waals surface area (Å²) in [4.78, 5) is 23.5. The van der Waals surface area contributed by atoms with Gasteiger partial charge in [-0.25, -0.2) is 5.43 Å². The number of allylic oxidation sites excluding steroid dienone is 1. The molecule has 0 radical (unpaired) electrons. The Morgan fingerprint density at radius 3 is 2.80 bits per heavy atom. The van der Waals surface area contributed by atoms with E-state index in [0.29, 0.717) is 6.42 Å². The Kier molecular flexibility index (Phi) is 6.17. The fourth-order valence-corrected chi connectivity index (χ4v) is 2.01. The highest BCUT2D eigenvalue weighted by Crippen LogP contribution is 2.09. The predicted molar refractivity (Wildman–Crippen MR) is 77.8 cm³/mol. The lowest BCUT2D eigenvalue weighted by Crippen LogP contribution is -2.49. The largest absolute Gasteiger partial charge is 0.348 e. The van der Waals surface area contributed by atoms with Crippen LogP contribution in [0.4, 0.5) is 0 Å². The van der Waals surface area contributed by atoms with Gasteiger partial charge in [-0.05, 0) is 25.5 Å². The maximum absolute atomic E-state index is 12.0. The van der Waals surface area contributed by atoms with Gasteiger partial charge in [0, 0.05) is 25.7 Å². The SMILES string of the molecule is CCC(=O)N(CC(=O)NC(C)C1=CC=NNC1C)NC. The van der Waals surface area contributed by atoms with Gasteiger partial charge in [0.25, 0.3) is 0 Å². The molecule has 1 aliphatic rings. The first-order chi connectivity index (χ1) is 9.49. The first-order valence-corrected chi connectivity index (χ1v) is 6.75. The number of hydrogen-bond donors (Lipinski definition) is 3. The van der Waals surface area contributed by atoms with Crippen LogP contribution >= 0.6 is 0 Å². The van der Waals surface area contributed by atoms with E-state index in [9.17, 15) is 9.59 Å². The molecule has 20 heavy (non-hydrogen) atoms. The number of nitrogens with one attached hydrogen (secondary N) is 3. The molecule has 0 aromatic carbocycles. The molecule has 2 atom stereocenters. The monoisotopic (exact) mass is 281 g/mol. The van der Waals surface area contributed by atoms with Crippen LogP contribution < -0.4 is 16.2 Å². The second-order valence-electron chi connectivity index (χ2n) is 4.64. The van der Waals surface area contributed by atoms with Crippen LogP contribution in [0.2, 0.25) is 0 Å². The van der Waals surface area contributed by atoms with Crippen molar-refractivity contribution in [1.82, 2.24) is 21.2 Å². The second-order valence-corrected chi connectivity index (χ2v) is 4.64. The zero-order valence-electron chi connectivity index (χ0n) is 12.4. The number of hydrazine groups is 1. The van der Waals surface area contributed by atoms with Crippen LogP contribution in [0.25, 0.3) is 0 Å². The minimum absolute atomic E-state index is 0.00328. The van der Waals surface area contributed by atoms with Crippen molar-refractivity contribution in [3.63, 3.8) is 0 Å². The van der Waals surface area contributed by atoms with Gasteiger partial charge >= 0.3 is 0 Å². The molecule has 0 saturated heterocycles. The first kappa shape index (κ1) is 16.2. The Balaban J connectivity index is 2.55. The van der Waals surface area contributed by atoms with Crippen molar-refractivity contribution in [2.24, 2.45) is 5.10 Å². The highest BCUT2D eigenvalue weighted by Gasteiger charge is 2.20. The minimum Gasteiger partial charge on any atom is -0.348 e. The van der Waals surface area contributed by atoms with E-state index >= 15 is 0 Å². The van der Waals surface area contributed by atoms with E-state index in [2.05, 4.69) is 21.3 Å². The third-order valence-corrected chi connectivity index (χ3v) is 3.16. The fourth-order valence-electron chi connectivity index (χ4n) is 2.01. The normalized spacial score (nSPS) is 18.8. The van der Waals surface area contributed by atoms with Crippen molar-refractivity contribution < 1.29 is 9.59 Å². The van der Waals surface area contributed by atoms with E-state index in [1.807, 2.05) is 19.9 Å². The molecule has 7 nitrogen and oxygen atoms in total. The van der Waals surface area contributed by atoms with Crippen LogP contribution in [-0.4, -0.2) is 48.7 Å². The summed E-state index contributed by atoms with van der Waals surface area (Å²) < 4.78 is 0. The van der Waals surface area contributed by atoms with E-state index in [-0.39, 0.29) is 30.4 Å². The van der Waals surface area contributed by atoms with E-state index in [1.54, 1.807) is 20.2 Å². The third kappa shape index (κ3) is 4.34. The molecule has 0 saturated carbocycles. The Morgan fingerprint density at radius 2 is 2.25 bits per heavy atom. The van der Waals surface area contributed by atoms with Crippen molar-refractivity contribution in [2.45, 2.75) is 39.3 Å². The van der Waals surface area contributed by atoms with Crippen molar-refractivity contribution in [3.05, 3.63) is 11.6 Å². The van der Waals surface area contributed by atoms with Gasteiger partial charge < -0.3 is 10.7 Å². The molecule has 0 aliphatic carbocycles. The summed E-state index contributed by atoms with van der Waals surface area (Å²) in [5.41, 5.74) is 6.71. The van der Waals surface area contributed by atoms with Gasteiger partial charge in [-0.15, -0.1) is 0 Å². The molecule has 0 fully saturated rings. The summed E-state index contributed by atoms with van der Waals surface area (Å²) >= 11 is 0. The molecular formula is C13H23N5O2. The van der Waals surface area contributed by atoms with Gasteiger partial charge in [-0.2, -0.15) is 5.10 Å². The number of carbonyl (C=O) groups is 2. The average molecular weight is 281 g/mol. The summed E-state index contributed by atoms with van der Waals surface area (Å²) in [6, 6.07) is -0.0415. The van der Waals surface area contributed by atoms with Crippen molar-refractivity contribution in [1.29, 1.82) is 0 Å². The van der Waals surface area contributed by atoms with Crippen LogP contribution in [-0.2, 0) is 9.59 Å². The van der Waals surface area contributed by atoms with Crippen LogP contribution in [0.5, 0.6) is 0 Å². The van der Waals surface area contributed by atoms with Crippen LogP contribution in [0.1, 0.15) is 27.2 Å². The molecule has 0 aromatic heterocycles. The lowest BCUT2D eigenvalue weighted by molar-refractivity contribution is -0.138. The molecule has 7 heteroatoms. The Morgan fingerprint density at radius 1 is 1.55 bits per heavy atom. The number of hydrogen-bond acceptors (Lipinski definition) is 5. The molecule has 0 aromatic rings. The fraction of sp³-hybridized carbons (Fsp3) is 0.615. The second kappa shape index (κ2) is 7.64. The first-order valence-electron chi connectivity index (χ1n) is 6.75. The molecule has 1 heterocycles. The van der Waals surface area contributed by atoms with E-state index in [0.717, 1.165) is 5.57 Å². The number of nitrogens with zero attached hydrogens (tertiary/aromatic N) is 2. The molecule has 0 bridgehead atoms. The van der Waals surface area contributed by atoms with E-state index in [4.69, 9.17) is 0 Å². The topological polar surface area (TPSA) is 85.8 Å². The summed E-state index contributed by atoms with van der Waals surface area (Å²) in [5.74, 6) is -0.321. The molecule has 3 N–H and O–H groups in total. The van der Waals surface area contributed by atoms with Crippen molar-refractivity contribution >= 4 is 18.0 Å². The molecule has 1 rings (SSSR count). The maximum Gasteiger partial charge on any atom is 0.241 e. The summed E-state index contributed by atoms with van der Waals surface area (Å²) in [7, 11) is 1.62. The Bertz CT molecular complexity index is 419. The van der Waals surface area contributed by atoms with Gasteiger partial charge in [0.2, 0.25) is 11.8 Å². The van der Waals surface area contributed by atoms with Crippen molar-refractivity contribution in [3.8, 4) is 0 Å². The van der Waals surface area contributed by atoms with Gasteiger partial charge in [0.15, 0.2) is 0 Å². The van der Waals surface area contributed by atoms with E-state index in [1.165, 1.54) is 5.01 Å². The third-order valence-electron chi connectivity index (χ3n) is 3.16. The van der Waals surface area contributed by atoms with Crippen LogP contribution in [0.3, 0.4) is 0 Å². The van der Waals surface area contributed by atoms with E-state index < -0.39 is 0 Å². The van der Waals surface area contributed by atoms with Gasteiger partial charge in [0.05, 0.1) is 6.04 Å². The molecular weight excluding hydrogens is 258 g/mol. The van der Waals surface area contributed by atoms with Crippen LogP contribution in [0.15, 0.2) is 16.8 Å². The lowest BCUT2D eigenvalue weighted by atomic mass is 10.0. The zero-order valence-corrected chi connectivity index (χ0v) is 12.4. The summed E-state index contributed by atoms with van der Waals surface area (Å²) in [5, 5.41) is 8.13. The molecule has 1 aliphatic heterocycles. The quantitative estimate of drug-likeness (QED) is 0.587. The molecule has 2 unspecified atom stereocenters. The highest BCUT2D eigenvalue weighted by molar-refractivity contribution is 5.85. The van der Waals surface area contributed by atoms with Gasteiger partial charge in [-0.3, -0.25) is 14.6 Å². The Labute approximate surface area is 119 Å². The number of rotatable bonds is 6. The maximum atomic E-state index is 12.0.